The SMILES string of the molecule is N#C/C(=C/c1cccc([N+](=O)[O-])c1)C(=O)Nc1ccc([N+](=O)[O-])cc1Br. The summed E-state index contributed by atoms with van der Waals surface area (Å²) < 4.78 is 0.271. The second-order valence-corrected chi connectivity index (χ2v) is 5.75. The molecule has 0 fully saturated rings. The van der Waals surface area contributed by atoms with E-state index in [4.69, 9.17) is 0 Å². The summed E-state index contributed by atoms with van der Waals surface area (Å²) in [7, 11) is 0. The van der Waals surface area contributed by atoms with Crippen LogP contribution in [0.2, 0.25) is 0 Å². The van der Waals surface area contributed by atoms with Crippen LogP contribution in [0.3, 0.4) is 0 Å². The van der Waals surface area contributed by atoms with Crippen LogP contribution < -0.4 is 5.32 Å². The number of carbonyl (C=O) groups excluding carboxylic acids is 1. The van der Waals surface area contributed by atoms with Crippen LogP contribution in [0.25, 0.3) is 6.08 Å². The Morgan fingerprint density at radius 2 is 1.77 bits per heavy atom. The summed E-state index contributed by atoms with van der Waals surface area (Å²) in [5.74, 6) is -0.756. The maximum Gasteiger partial charge on any atom is 0.270 e. The summed E-state index contributed by atoms with van der Waals surface area (Å²) in [6, 6.07) is 10.9. The lowest BCUT2D eigenvalue weighted by Gasteiger charge is -2.06. The fraction of sp³-hybridized carbons (Fsp3) is 0. The van der Waals surface area contributed by atoms with Crippen LogP contribution in [0.15, 0.2) is 52.5 Å². The molecule has 0 aliphatic heterocycles. The lowest BCUT2D eigenvalue weighted by atomic mass is 10.1. The Morgan fingerprint density at radius 1 is 1.12 bits per heavy atom. The first-order valence-corrected chi connectivity index (χ1v) is 7.72. The van der Waals surface area contributed by atoms with Crippen LogP contribution >= 0.6 is 15.9 Å². The van der Waals surface area contributed by atoms with E-state index in [-0.39, 0.29) is 27.1 Å². The summed E-state index contributed by atoms with van der Waals surface area (Å²) in [5, 5.41) is 33.1. The highest BCUT2D eigenvalue weighted by molar-refractivity contribution is 9.10. The molecule has 0 unspecified atom stereocenters. The van der Waals surface area contributed by atoms with Crippen molar-refractivity contribution in [3.05, 3.63) is 78.3 Å². The molecule has 0 atom stereocenters. The Balaban J connectivity index is 2.27. The Bertz CT molecular complexity index is 981. The molecule has 2 rings (SSSR count). The van der Waals surface area contributed by atoms with Crippen LogP contribution in [0.4, 0.5) is 17.1 Å². The molecule has 1 amide bonds. The van der Waals surface area contributed by atoms with Gasteiger partial charge in [-0.3, -0.25) is 25.0 Å². The topological polar surface area (TPSA) is 139 Å². The van der Waals surface area contributed by atoms with Gasteiger partial charge in [0.05, 0.1) is 15.5 Å². The molecule has 26 heavy (non-hydrogen) atoms. The van der Waals surface area contributed by atoms with E-state index < -0.39 is 15.8 Å². The lowest BCUT2D eigenvalue weighted by Crippen LogP contribution is -2.13. The van der Waals surface area contributed by atoms with E-state index in [0.29, 0.717) is 5.56 Å². The highest BCUT2D eigenvalue weighted by Gasteiger charge is 2.14. The third kappa shape index (κ3) is 4.49. The zero-order valence-electron chi connectivity index (χ0n) is 12.9. The summed E-state index contributed by atoms with van der Waals surface area (Å²) in [6.07, 6.45) is 1.21. The second-order valence-electron chi connectivity index (χ2n) is 4.90. The number of nitro benzene ring substituents is 2. The number of nitriles is 1. The standard InChI is InChI=1S/C16H9BrN4O5/c17-14-8-13(21(25)26)4-5-15(14)19-16(22)11(9-18)6-10-2-1-3-12(7-10)20(23)24/h1-8H,(H,19,22)/b11-6-. The number of hydrogen-bond acceptors (Lipinski definition) is 6. The van der Waals surface area contributed by atoms with Gasteiger partial charge in [-0.2, -0.15) is 5.26 Å². The van der Waals surface area contributed by atoms with Crippen LogP contribution in [0, 0.1) is 31.6 Å². The number of anilines is 1. The van der Waals surface area contributed by atoms with E-state index in [1.165, 1.54) is 48.5 Å². The van der Waals surface area contributed by atoms with Gasteiger partial charge < -0.3 is 5.32 Å². The van der Waals surface area contributed by atoms with Crippen molar-refractivity contribution in [1.29, 1.82) is 5.26 Å². The third-order valence-corrected chi connectivity index (χ3v) is 3.82. The molecule has 0 bridgehead atoms. The molecule has 2 aromatic rings. The van der Waals surface area contributed by atoms with Crippen molar-refractivity contribution in [2.24, 2.45) is 0 Å². The predicted octanol–water partition coefficient (Wildman–Crippen LogP) is 3.81. The number of amides is 1. The van der Waals surface area contributed by atoms with Crippen LogP contribution in [0.1, 0.15) is 5.56 Å². The molecule has 0 aliphatic carbocycles. The molecule has 10 heteroatoms. The maximum absolute atomic E-state index is 12.2. The second kappa shape index (κ2) is 8.00. The fourth-order valence-corrected chi connectivity index (χ4v) is 2.42. The zero-order valence-corrected chi connectivity index (χ0v) is 14.5. The first kappa shape index (κ1) is 18.8. The van der Waals surface area contributed by atoms with Gasteiger partial charge in [0.15, 0.2) is 0 Å². The zero-order chi connectivity index (χ0) is 19.3. The number of benzene rings is 2. The Morgan fingerprint density at radius 3 is 2.35 bits per heavy atom. The van der Waals surface area contributed by atoms with E-state index in [9.17, 15) is 30.3 Å². The molecule has 0 radical (unpaired) electrons. The van der Waals surface area contributed by atoms with Crippen LogP contribution in [-0.2, 0) is 4.79 Å². The molecular weight excluding hydrogens is 408 g/mol. The van der Waals surface area contributed by atoms with Gasteiger partial charge in [-0.25, -0.2) is 0 Å². The average Bonchev–Trinajstić information content (AvgIpc) is 2.61. The first-order valence-electron chi connectivity index (χ1n) is 6.93. The monoisotopic (exact) mass is 416 g/mol. The van der Waals surface area contributed by atoms with Gasteiger partial charge in [-0.05, 0) is 33.6 Å². The van der Waals surface area contributed by atoms with E-state index in [2.05, 4.69) is 21.2 Å². The molecular formula is C16H9BrN4O5. The van der Waals surface area contributed by atoms with Crippen LogP contribution in [-0.4, -0.2) is 15.8 Å². The molecule has 0 aliphatic rings. The van der Waals surface area contributed by atoms with E-state index >= 15 is 0 Å². The summed E-state index contributed by atoms with van der Waals surface area (Å²) in [4.78, 5) is 32.6. The molecule has 9 nitrogen and oxygen atoms in total. The van der Waals surface area contributed by atoms with Crippen molar-refractivity contribution in [3.63, 3.8) is 0 Å². The number of rotatable bonds is 5. The molecule has 0 spiro atoms. The molecule has 0 heterocycles. The van der Waals surface area contributed by atoms with Crippen molar-refractivity contribution < 1.29 is 14.6 Å². The lowest BCUT2D eigenvalue weighted by molar-refractivity contribution is -0.385. The average molecular weight is 417 g/mol. The van der Waals surface area contributed by atoms with E-state index in [1.807, 2.05) is 0 Å². The maximum atomic E-state index is 12.2. The van der Waals surface area contributed by atoms with Gasteiger partial charge in [-0.15, -0.1) is 0 Å². The van der Waals surface area contributed by atoms with Gasteiger partial charge in [-0.1, -0.05) is 12.1 Å². The van der Waals surface area contributed by atoms with E-state index in [1.54, 1.807) is 6.07 Å². The van der Waals surface area contributed by atoms with Crippen molar-refractivity contribution in [2.75, 3.05) is 5.32 Å². The minimum absolute atomic E-state index is 0.164. The van der Waals surface area contributed by atoms with Gasteiger partial charge in [0.2, 0.25) is 0 Å². The van der Waals surface area contributed by atoms with Crippen molar-refractivity contribution in [1.82, 2.24) is 0 Å². The van der Waals surface area contributed by atoms with Crippen molar-refractivity contribution in [3.8, 4) is 6.07 Å². The highest BCUT2D eigenvalue weighted by atomic mass is 79.9. The number of non-ortho nitro benzene ring substituents is 2. The Labute approximate surface area is 155 Å². The normalized spacial score (nSPS) is 10.7. The number of nitrogens with zero attached hydrogens (tertiary/aromatic N) is 3. The smallest absolute Gasteiger partial charge is 0.270 e. The predicted molar refractivity (Wildman–Crippen MR) is 96.1 cm³/mol. The molecule has 2 aromatic carbocycles. The summed E-state index contributed by atoms with van der Waals surface area (Å²) in [6.45, 7) is 0. The fourth-order valence-electron chi connectivity index (χ4n) is 1.95. The highest BCUT2D eigenvalue weighted by Crippen LogP contribution is 2.27. The molecule has 130 valence electrons. The molecule has 0 saturated heterocycles. The Kier molecular flexibility index (Phi) is 5.77. The molecule has 0 saturated carbocycles. The largest absolute Gasteiger partial charge is 0.320 e. The number of hydrogen-bond donors (Lipinski definition) is 1. The summed E-state index contributed by atoms with van der Waals surface area (Å²) in [5.41, 5.74) is -0.0673. The number of nitro groups is 2. The molecule has 1 N–H and O–H groups in total. The first-order chi connectivity index (χ1) is 12.3. The summed E-state index contributed by atoms with van der Waals surface area (Å²) >= 11 is 3.11. The van der Waals surface area contributed by atoms with Crippen molar-refractivity contribution >= 4 is 45.0 Å². The van der Waals surface area contributed by atoms with Crippen LogP contribution in [0.5, 0.6) is 0 Å². The van der Waals surface area contributed by atoms with E-state index in [0.717, 1.165) is 0 Å². The number of nitrogens with one attached hydrogen (secondary N) is 1. The van der Waals surface area contributed by atoms with Gasteiger partial charge >= 0.3 is 0 Å². The third-order valence-electron chi connectivity index (χ3n) is 3.17. The quantitative estimate of drug-likeness (QED) is 0.340. The number of carbonyl (C=O) groups is 1. The van der Waals surface area contributed by atoms with Crippen molar-refractivity contribution in [2.45, 2.75) is 0 Å². The minimum atomic E-state index is -0.756. The van der Waals surface area contributed by atoms with Gasteiger partial charge in [0, 0.05) is 28.7 Å². The minimum Gasteiger partial charge on any atom is -0.320 e. The number of halogens is 1. The molecule has 0 aromatic heterocycles. The van der Waals surface area contributed by atoms with Gasteiger partial charge in [0.1, 0.15) is 11.6 Å². The van der Waals surface area contributed by atoms with Gasteiger partial charge in [0.25, 0.3) is 17.3 Å². The Hall–Kier alpha value is -3.58.